The van der Waals surface area contributed by atoms with E-state index in [0.717, 1.165) is 5.69 Å². The maximum absolute atomic E-state index is 12.3. The number of amides is 1. The van der Waals surface area contributed by atoms with E-state index >= 15 is 0 Å². The molecule has 2 N–H and O–H groups in total. The number of ether oxygens (including phenoxy) is 1. The molecular formula is C12H17N3O4. The summed E-state index contributed by atoms with van der Waals surface area (Å²) in [6.45, 7) is 4.59. The summed E-state index contributed by atoms with van der Waals surface area (Å²) < 4.78 is 5.10. The molecule has 1 aliphatic heterocycles. The van der Waals surface area contributed by atoms with Gasteiger partial charge in [0.2, 0.25) is 0 Å². The molecule has 0 aromatic carbocycles. The molecule has 1 unspecified atom stereocenters. The van der Waals surface area contributed by atoms with Crippen molar-refractivity contribution >= 4 is 11.9 Å². The van der Waals surface area contributed by atoms with Crippen LogP contribution in [0.3, 0.4) is 0 Å². The number of carbonyl (C=O) groups excluding carboxylic acids is 1. The largest absolute Gasteiger partial charge is 0.480 e. The molecule has 1 fully saturated rings. The monoisotopic (exact) mass is 267 g/mol. The standard InChI is InChI=1S/C12H17N3O4/c1-7(2)8-5-9(14-13-8)11(16)15-3-4-19-6-10(15)12(17)18/h5,7,10H,3-4,6H2,1-2H3,(H,13,14)(H,17,18). The summed E-state index contributed by atoms with van der Waals surface area (Å²) in [6, 6.07) is 0.724. The molecule has 0 spiro atoms. The second-order valence-electron chi connectivity index (χ2n) is 4.79. The third kappa shape index (κ3) is 2.76. The first-order valence-electron chi connectivity index (χ1n) is 6.17. The van der Waals surface area contributed by atoms with E-state index in [9.17, 15) is 9.59 Å². The van der Waals surface area contributed by atoms with Gasteiger partial charge in [-0.1, -0.05) is 13.8 Å². The van der Waals surface area contributed by atoms with Gasteiger partial charge < -0.3 is 14.7 Å². The fourth-order valence-corrected chi connectivity index (χ4v) is 1.94. The SMILES string of the molecule is CC(C)c1cc(C(=O)N2CCOCC2C(=O)O)n[nH]1. The van der Waals surface area contributed by atoms with E-state index in [1.165, 1.54) is 4.90 Å². The first kappa shape index (κ1) is 13.5. The fraction of sp³-hybridized carbons (Fsp3) is 0.583. The van der Waals surface area contributed by atoms with Gasteiger partial charge >= 0.3 is 5.97 Å². The zero-order valence-corrected chi connectivity index (χ0v) is 10.9. The van der Waals surface area contributed by atoms with Crippen molar-refractivity contribution in [3.8, 4) is 0 Å². The predicted octanol–water partition coefficient (Wildman–Crippen LogP) is 0.459. The molecule has 2 heterocycles. The molecular weight excluding hydrogens is 250 g/mol. The summed E-state index contributed by atoms with van der Waals surface area (Å²) >= 11 is 0. The number of nitrogens with zero attached hydrogens (tertiary/aromatic N) is 2. The smallest absolute Gasteiger partial charge is 0.328 e. The van der Waals surface area contributed by atoms with Gasteiger partial charge in [0.15, 0.2) is 6.04 Å². The lowest BCUT2D eigenvalue weighted by atomic mass is 10.1. The summed E-state index contributed by atoms with van der Waals surface area (Å²) in [6.07, 6.45) is 0. The van der Waals surface area contributed by atoms with Crippen LogP contribution in [0.5, 0.6) is 0 Å². The average Bonchev–Trinajstić information content (AvgIpc) is 2.87. The number of aliphatic carboxylic acids is 1. The molecule has 1 aliphatic rings. The molecule has 19 heavy (non-hydrogen) atoms. The van der Waals surface area contributed by atoms with Crippen molar-refractivity contribution in [1.82, 2.24) is 15.1 Å². The Kier molecular flexibility index (Phi) is 3.84. The second kappa shape index (κ2) is 5.40. The Morgan fingerprint density at radius 2 is 2.32 bits per heavy atom. The van der Waals surface area contributed by atoms with Gasteiger partial charge in [0.05, 0.1) is 13.2 Å². The highest BCUT2D eigenvalue weighted by Crippen LogP contribution is 2.16. The average molecular weight is 267 g/mol. The number of rotatable bonds is 3. The molecule has 1 aromatic rings. The van der Waals surface area contributed by atoms with Crippen LogP contribution in [0.15, 0.2) is 6.07 Å². The van der Waals surface area contributed by atoms with Crippen LogP contribution >= 0.6 is 0 Å². The van der Waals surface area contributed by atoms with Crippen molar-refractivity contribution in [2.24, 2.45) is 0 Å². The van der Waals surface area contributed by atoms with Crippen LogP contribution in [0.4, 0.5) is 0 Å². The third-order valence-corrected chi connectivity index (χ3v) is 3.11. The highest BCUT2D eigenvalue weighted by molar-refractivity contribution is 5.95. The molecule has 104 valence electrons. The minimum atomic E-state index is -1.06. The summed E-state index contributed by atoms with van der Waals surface area (Å²) in [7, 11) is 0. The zero-order chi connectivity index (χ0) is 14.0. The van der Waals surface area contributed by atoms with Crippen LogP contribution < -0.4 is 0 Å². The minimum absolute atomic E-state index is 0.0164. The van der Waals surface area contributed by atoms with Gasteiger partial charge in [-0.05, 0) is 12.0 Å². The van der Waals surface area contributed by atoms with E-state index in [-0.39, 0.29) is 30.7 Å². The summed E-state index contributed by atoms with van der Waals surface area (Å²) in [5.41, 5.74) is 1.10. The van der Waals surface area contributed by atoms with E-state index < -0.39 is 12.0 Å². The van der Waals surface area contributed by atoms with Gasteiger partial charge in [-0.25, -0.2) is 4.79 Å². The Labute approximate surface area is 110 Å². The number of nitrogens with one attached hydrogen (secondary N) is 1. The summed E-state index contributed by atoms with van der Waals surface area (Å²) in [5, 5.41) is 15.8. The van der Waals surface area contributed by atoms with Gasteiger partial charge in [0.25, 0.3) is 5.91 Å². The lowest BCUT2D eigenvalue weighted by Gasteiger charge is -2.32. The summed E-state index contributed by atoms with van der Waals surface area (Å²) in [4.78, 5) is 24.7. The van der Waals surface area contributed by atoms with E-state index in [4.69, 9.17) is 9.84 Å². The Morgan fingerprint density at radius 3 is 2.89 bits per heavy atom. The lowest BCUT2D eigenvalue weighted by molar-refractivity contribution is -0.147. The van der Waals surface area contributed by atoms with Crippen molar-refractivity contribution < 1.29 is 19.4 Å². The van der Waals surface area contributed by atoms with Crippen LogP contribution in [-0.2, 0) is 9.53 Å². The van der Waals surface area contributed by atoms with Crippen molar-refractivity contribution in [1.29, 1.82) is 0 Å². The first-order chi connectivity index (χ1) is 9.00. The Hall–Kier alpha value is -1.89. The van der Waals surface area contributed by atoms with Gasteiger partial charge in [-0.2, -0.15) is 5.10 Å². The topological polar surface area (TPSA) is 95.5 Å². The molecule has 7 nitrogen and oxygen atoms in total. The Morgan fingerprint density at radius 1 is 1.58 bits per heavy atom. The Bertz CT molecular complexity index is 483. The Balaban J connectivity index is 2.18. The quantitative estimate of drug-likeness (QED) is 0.829. The van der Waals surface area contributed by atoms with Crippen LogP contribution in [0, 0.1) is 0 Å². The molecule has 1 aromatic heterocycles. The highest BCUT2D eigenvalue weighted by atomic mass is 16.5. The molecule has 0 bridgehead atoms. The van der Waals surface area contributed by atoms with Gasteiger partial charge in [-0.3, -0.25) is 9.89 Å². The van der Waals surface area contributed by atoms with Gasteiger partial charge in [-0.15, -0.1) is 0 Å². The number of hydrogen-bond acceptors (Lipinski definition) is 4. The number of carboxylic acid groups (broad SMARTS) is 1. The molecule has 0 aliphatic carbocycles. The molecule has 1 amide bonds. The minimum Gasteiger partial charge on any atom is -0.480 e. The first-order valence-corrected chi connectivity index (χ1v) is 6.17. The number of hydrogen-bond donors (Lipinski definition) is 2. The van der Waals surface area contributed by atoms with Crippen molar-refractivity contribution in [2.75, 3.05) is 19.8 Å². The number of H-pyrrole nitrogens is 1. The summed E-state index contributed by atoms with van der Waals surface area (Å²) in [5.74, 6) is -1.21. The molecule has 2 rings (SSSR count). The van der Waals surface area contributed by atoms with Crippen molar-refractivity contribution in [3.63, 3.8) is 0 Å². The second-order valence-corrected chi connectivity index (χ2v) is 4.79. The maximum Gasteiger partial charge on any atom is 0.328 e. The van der Waals surface area contributed by atoms with E-state index in [1.54, 1.807) is 6.07 Å². The highest BCUT2D eigenvalue weighted by Gasteiger charge is 2.34. The van der Waals surface area contributed by atoms with Crippen LogP contribution in [0.25, 0.3) is 0 Å². The number of carbonyl (C=O) groups is 2. The number of aromatic amines is 1. The van der Waals surface area contributed by atoms with Crippen molar-refractivity contribution in [3.05, 3.63) is 17.5 Å². The van der Waals surface area contributed by atoms with E-state index in [0.29, 0.717) is 6.61 Å². The van der Waals surface area contributed by atoms with Crippen LogP contribution in [0.1, 0.15) is 35.9 Å². The van der Waals surface area contributed by atoms with E-state index in [1.807, 2.05) is 13.8 Å². The van der Waals surface area contributed by atoms with E-state index in [2.05, 4.69) is 10.2 Å². The third-order valence-electron chi connectivity index (χ3n) is 3.11. The van der Waals surface area contributed by atoms with Crippen molar-refractivity contribution in [2.45, 2.75) is 25.8 Å². The predicted molar refractivity (Wildman–Crippen MR) is 66.0 cm³/mol. The van der Waals surface area contributed by atoms with Crippen LogP contribution in [0.2, 0.25) is 0 Å². The number of morpholine rings is 1. The maximum atomic E-state index is 12.3. The van der Waals surface area contributed by atoms with Gasteiger partial charge in [0.1, 0.15) is 5.69 Å². The zero-order valence-electron chi connectivity index (χ0n) is 10.9. The molecule has 1 saturated heterocycles. The number of carboxylic acids is 1. The molecule has 0 radical (unpaired) electrons. The number of aromatic nitrogens is 2. The lowest BCUT2D eigenvalue weighted by Crippen LogP contribution is -2.52. The van der Waals surface area contributed by atoms with Crippen LogP contribution in [-0.4, -0.2) is 57.9 Å². The molecule has 0 saturated carbocycles. The molecule has 7 heteroatoms. The normalized spacial score (nSPS) is 19.7. The molecule has 1 atom stereocenters. The van der Waals surface area contributed by atoms with Gasteiger partial charge in [0, 0.05) is 12.2 Å². The fourth-order valence-electron chi connectivity index (χ4n) is 1.94.